The number of hydrogen-bond donors (Lipinski definition) is 0. The highest BCUT2D eigenvalue weighted by molar-refractivity contribution is 6.19. The minimum Gasteiger partial charge on any atom is -0.454 e. The van der Waals surface area contributed by atoms with Crippen LogP contribution in [-0.2, 0) is 0 Å². The predicted molar refractivity (Wildman–Crippen MR) is 232 cm³/mol. The number of halogens is 1. The van der Waals surface area contributed by atoms with E-state index in [1.165, 1.54) is 6.07 Å². The molecular weight excluding hydrogens is 718 g/mol. The van der Waals surface area contributed by atoms with Crippen LogP contribution in [0.15, 0.2) is 186 Å². The average Bonchev–Trinajstić information content (AvgIpc) is 3.94. The summed E-state index contributed by atoms with van der Waals surface area (Å²) >= 11 is 0. The molecule has 0 spiro atoms. The van der Waals surface area contributed by atoms with E-state index in [9.17, 15) is 0 Å². The zero-order valence-electron chi connectivity index (χ0n) is 30.8. The number of fused-ring (bicyclic) bond motifs is 9. The molecule has 0 saturated carbocycles. The van der Waals surface area contributed by atoms with Crippen molar-refractivity contribution in [3.05, 3.63) is 188 Å². The minimum absolute atomic E-state index is 0.356. The van der Waals surface area contributed by atoms with Crippen molar-refractivity contribution < 1.29 is 8.81 Å². The highest BCUT2D eigenvalue weighted by Crippen LogP contribution is 2.47. The quantitative estimate of drug-likeness (QED) is 0.176. The summed E-state index contributed by atoms with van der Waals surface area (Å²) in [6.45, 7) is 0. The molecule has 0 aliphatic heterocycles. The van der Waals surface area contributed by atoms with Crippen LogP contribution in [0.2, 0.25) is 0 Å². The van der Waals surface area contributed by atoms with Crippen molar-refractivity contribution in [2.75, 3.05) is 0 Å². The highest BCUT2D eigenvalue weighted by Gasteiger charge is 2.28. The summed E-state index contributed by atoms with van der Waals surface area (Å²) in [5.74, 6) is 1.20. The Balaban J connectivity index is 1.33. The average molecular weight is 748 g/mol. The van der Waals surface area contributed by atoms with Gasteiger partial charge in [-0.05, 0) is 48.5 Å². The van der Waals surface area contributed by atoms with Gasteiger partial charge in [0.15, 0.2) is 23.1 Å². The second-order valence-corrected chi connectivity index (χ2v) is 14.5. The maximum absolute atomic E-state index is 15.6. The van der Waals surface area contributed by atoms with Gasteiger partial charge in [-0.15, -0.1) is 0 Å². The minimum atomic E-state index is -0.356. The van der Waals surface area contributed by atoms with E-state index < -0.39 is 0 Å². The fourth-order valence-corrected chi connectivity index (χ4v) is 8.73. The molecule has 0 unspecified atom stereocenters. The van der Waals surface area contributed by atoms with Gasteiger partial charge >= 0.3 is 0 Å². The lowest BCUT2D eigenvalue weighted by molar-refractivity contribution is 0.626. The van der Waals surface area contributed by atoms with E-state index in [1.54, 1.807) is 12.1 Å². The Labute approximate surface area is 330 Å². The fraction of sp³-hybridized carbons (Fsp3) is 0. The second-order valence-electron chi connectivity index (χ2n) is 14.5. The van der Waals surface area contributed by atoms with E-state index in [1.807, 2.05) is 60.7 Å². The van der Waals surface area contributed by atoms with Crippen LogP contribution < -0.4 is 0 Å². The molecule has 0 atom stereocenters. The van der Waals surface area contributed by atoms with E-state index in [0.717, 1.165) is 77.1 Å². The molecule has 4 aromatic heterocycles. The van der Waals surface area contributed by atoms with Crippen LogP contribution in [-0.4, -0.2) is 24.1 Å². The Bertz CT molecular complexity index is 3420. The summed E-state index contributed by atoms with van der Waals surface area (Å²) in [5, 5.41) is 5.80. The third-order valence-corrected chi connectivity index (χ3v) is 11.2. The molecular formula is C51H30FN5O. The molecule has 0 aliphatic carbocycles. The summed E-state index contributed by atoms with van der Waals surface area (Å²) < 4.78 is 27.1. The highest BCUT2D eigenvalue weighted by atomic mass is 19.1. The topological polar surface area (TPSA) is 61.7 Å². The van der Waals surface area contributed by atoms with Gasteiger partial charge in [0.2, 0.25) is 0 Å². The van der Waals surface area contributed by atoms with Crippen molar-refractivity contribution in [3.63, 3.8) is 0 Å². The smallest absolute Gasteiger partial charge is 0.166 e. The molecule has 0 radical (unpaired) electrons. The zero-order valence-corrected chi connectivity index (χ0v) is 30.8. The van der Waals surface area contributed by atoms with Gasteiger partial charge in [0.05, 0.1) is 38.8 Å². The SMILES string of the molecule is Fc1ccc2oc3c(-n4c5ccccc5c5ccccc54)cc(-c4nc(-c5ccccc5)nc(-c5ccccc5)n4)c(-n4c5ccccc5c5ccccc54)c3c2c1. The summed E-state index contributed by atoms with van der Waals surface area (Å²) in [6, 6.07) is 60.5. The first-order valence-corrected chi connectivity index (χ1v) is 19.2. The van der Waals surface area contributed by atoms with E-state index in [0.29, 0.717) is 34.0 Å². The predicted octanol–water partition coefficient (Wildman–Crippen LogP) is 13.1. The molecule has 6 nitrogen and oxygen atoms in total. The Kier molecular flexibility index (Phi) is 7.01. The molecule has 7 heteroatoms. The van der Waals surface area contributed by atoms with Gasteiger partial charge < -0.3 is 13.6 Å². The van der Waals surface area contributed by atoms with Gasteiger partial charge in [-0.25, -0.2) is 19.3 Å². The molecule has 0 saturated heterocycles. The van der Waals surface area contributed by atoms with Crippen molar-refractivity contribution in [3.8, 4) is 45.5 Å². The van der Waals surface area contributed by atoms with Gasteiger partial charge in [-0.1, -0.05) is 133 Å². The summed E-state index contributed by atoms with van der Waals surface area (Å²) in [7, 11) is 0. The number of rotatable bonds is 5. The van der Waals surface area contributed by atoms with Crippen LogP contribution in [0.5, 0.6) is 0 Å². The number of hydrogen-bond acceptors (Lipinski definition) is 4. The van der Waals surface area contributed by atoms with E-state index in [2.05, 4.69) is 112 Å². The molecule has 4 heterocycles. The van der Waals surface area contributed by atoms with Crippen molar-refractivity contribution in [2.24, 2.45) is 0 Å². The van der Waals surface area contributed by atoms with Crippen molar-refractivity contribution in [2.45, 2.75) is 0 Å². The van der Waals surface area contributed by atoms with Crippen LogP contribution >= 0.6 is 0 Å². The number of aromatic nitrogens is 5. The number of furan rings is 1. The second kappa shape index (κ2) is 12.6. The third kappa shape index (κ3) is 4.80. The first kappa shape index (κ1) is 32.4. The molecule has 12 rings (SSSR count). The summed E-state index contributed by atoms with van der Waals surface area (Å²) in [4.78, 5) is 15.7. The number of benzene rings is 8. The molecule has 58 heavy (non-hydrogen) atoms. The Morgan fingerprint density at radius 3 is 1.38 bits per heavy atom. The van der Waals surface area contributed by atoms with Crippen LogP contribution in [0.25, 0.3) is 111 Å². The molecule has 0 fully saturated rings. The lowest BCUT2D eigenvalue weighted by Crippen LogP contribution is -2.06. The first-order valence-electron chi connectivity index (χ1n) is 19.2. The molecule has 0 bridgehead atoms. The van der Waals surface area contributed by atoms with E-state index >= 15 is 4.39 Å². The summed E-state index contributed by atoms with van der Waals surface area (Å²) in [5.41, 5.74) is 9.22. The maximum atomic E-state index is 15.6. The van der Waals surface area contributed by atoms with Crippen LogP contribution in [0, 0.1) is 5.82 Å². The normalized spacial score (nSPS) is 11.9. The Morgan fingerprint density at radius 2 is 0.862 bits per heavy atom. The van der Waals surface area contributed by atoms with Crippen LogP contribution in [0.3, 0.4) is 0 Å². The first-order chi connectivity index (χ1) is 28.7. The van der Waals surface area contributed by atoms with Crippen molar-refractivity contribution >= 4 is 65.6 Å². The largest absolute Gasteiger partial charge is 0.454 e. The third-order valence-electron chi connectivity index (χ3n) is 11.2. The van der Waals surface area contributed by atoms with E-state index in [4.69, 9.17) is 19.4 Å². The van der Waals surface area contributed by atoms with Crippen LogP contribution in [0.1, 0.15) is 0 Å². The van der Waals surface area contributed by atoms with Crippen molar-refractivity contribution in [1.29, 1.82) is 0 Å². The van der Waals surface area contributed by atoms with Gasteiger partial charge in [0.1, 0.15) is 11.4 Å². The fourth-order valence-electron chi connectivity index (χ4n) is 8.73. The Morgan fingerprint density at radius 1 is 0.414 bits per heavy atom. The zero-order chi connectivity index (χ0) is 38.3. The van der Waals surface area contributed by atoms with Gasteiger partial charge in [0, 0.05) is 43.6 Å². The van der Waals surface area contributed by atoms with E-state index in [-0.39, 0.29) is 5.82 Å². The lowest BCUT2D eigenvalue weighted by atomic mass is 10.0. The molecule has 12 aromatic rings. The van der Waals surface area contributed by atoms with Gasteiger partial charge in [-0.3, -0.25) is 0 Å². The van der Waals surface area contributed by atoms with Crippen molar-refractivity contribution in [1.82, 2.24) is 24.1 Å². The van der Waals surface area contributed by atoms with Crippen LogP contribution in [0.4, 0.5) is 4.39 Å². The lowest BCUT2D eigenvalue weighted by Gasteiger charge is -2.19. The Hall–Kier alpha value is -7.90. The molecule has 0 amide bonds. The summed E-state index contributed by atoms with van der Waals surface area (Å²) in [6.07, 6.45) is 0. The monoisotopic (exact) mass is 747 g/mol. The molecule has 272 valence electrons. The molecule has 8 aromatic carbocycles. The molecule has 0 N–H and O–H groups in total. The number of para-hydroxylation sites is 4. The standard InChI is InChI=1S/C51H30FN5O/c52-33-27-28-45-38(29-33)46-47(57-42-25-13-9-21-36(42)37-22-10-14-26-43(37)57)39(51-54-49(31-15-3-1-4-16-31)53-50(55-51)32-17-5-2-6-18-32)30-44(48(46)58-45)56-40-23-11-7-19-34(40)35-20-8-12-24-41(35)56/h1-30H. The van der Waals surface area contributed by atoms with Gasteiger partial charge in [0.25, 0.3) is 0 Å². The molecule has 0 aliphatic rings. The maximum Gasteiger partial charge on any atom is 0.166 e. The van der Waals surface area contributed by atoms with Gasteiger partial charge in [-0.2, -0.15) is 0 Å². The number of nitrogens with zero attached hydrogens (tertiary/aromatic N) is 5.